The summed E-state index contributed by atoms with van der Waals surface area (Å²) in [7, 11) is 0. The molecule has 0 radical (unpaired) electrons. The van der Waals surface area contributed by atoms with Crippen molar-refractivity contribution in [2.75, 3.05) is 0 Å². The van der Waals surface area contributed by atoms with Crippen LogP contribution in [0.25, 0.3) is 0 Å². The van der Waals surface area contributed by atoms with E-state index in [4.69, 9.17) is 9.47 Å². The smallest absolute Gasteiger partial charge is 0.303 e. The molecule has 2 saturated heterocycles. The first-order valence-corrected chi connectivity index (χ1v) is 13.3. The molecule has 10 atom stereocenters. The number of ether oxygens (including phenoxy) is 2. The number of nitrogens with one attached hydrogen (secondary N) is 1. The van der Waals surface area contributed by atoms with Crippen LogP contribution in [0.3, 0.4) is 0 Å². The predicted molar refractivity (Wildman–Crippen MR) is 139 cm³/mol. The highest BCUT2D eigenvalue weighted by Crippen LogP contribution is 2.70. The van der Waals surface area contributed by atoms with Gasteiger partial charge in [-0.2, -0.15) is 0 Å². The summed E-state index contributed by atoms with van der Waals surface area (Å²) in [4.78, 5) is 39.7. The molecule has 2 heterocycles. The van der Waals surface area contributed by atoms with Crippen molar-refractivity contribution in [1.29, 1.82) is 0 Å². The number of allylic oxidation sites excluding steroid dienone is 1. The van der Waals surface area contributed by atoms with E-state index in [1.165, 1.54) is 26.0 Å². The summed E-state index contributed by atoms with van der Waals surface area (Å²) in [5.41, 5.74) is -4.08. The Labute approximate surface area is 223 Å². The number of carbonyl (C=O) groups is 3. The lowest BCUT2D eigenvalue weighted by Crippen LogP contribution is -2.65. The van der Waals surface area contributed by atoms with Crippen LogP contribution in [0.4, 0.5) is 0 Å². The van der Waals surface area contributed by atoms with E-state index < -0.39 is 58.1 Å². The van der Waals surface area contributed by atoms with Gasteiger partial charge in [-0.25, -0.2) is 0 Å². The molecule has 38 heavy (non-hydrogen) atoms. The maximum atomic E-state index is 14.3. The van der Waals surface area contributed by atoms with Crippen LogP contribution in [0, 0.1) is 23.2 Å². The second-order valence-electron chi connectivity index (χ2n) is 11.9. The quantitative estimate of drug-likeness (QED) is 0.315. The van der Waals surface area contributed by atoms with Crippen molar-refractivity contribution in [2.24, 2.45) is 23.2 Å². The Bertz CT molecular complexity index is 1210. The van der Waals surface area contributed by atoms with Crippen molar-refractivity contribution >= 4 is 17.7 Å². The van der Waals surface area contributed by atoms with Crippen LogP contribution in [0.15, 0.2) is 54.6 Å². The van der Waals surface area contributed by atoms with E-state index in [1.807, 2.05) is 44.2 Å². The normalized spacial score (nSPS) is 45.8. The summed E-state index contributed by atoms with van der Waals surface area (Å²) in [5.74, 6) is -3.15. The summed E-state index contributed by atoms with van der Waals surface area (Å²) < 4.78 is 12.2. The fourth-order valence-electron chi connectivity index (χ4n) is 7.46. The molecular weight excluding hydrogens is 486 g/mol. The molecule has 10 unspecified atom stereocenters. The molecule has 1 amide bonds. The molecule has 2 aliphatic heterocycles. The Kier molecular flexibility index (Phi) is 6.25. The molecule has 1 saturated carbocycles. The number of hydrogen-bond acceptors (Lipinski definition) is 7. The fourth-order valence-corrected chi connectivity index (χ4v) is 7.46. The number of amides is 1. The maximum absolute atomic E-state index is 14.3. The van der Waals surface area contributed by atoms with Crippen molar-refractivity contribution in [3.63, 3.8) is 0 Å². The van der Waals surface area contributed by atoms with Gasteiger partial charge in [0.25, 0.3) is 0 Å². The van der Waals surface area contributed by atoms with Crippen molar-refractivity contribution in [3.05, 3.63) is 60.2 Å². The Morgan fingerprint density at radius 3 is 2.47 bits per heavy atom. The van der Waals surface area contributed by atoms with E-state index in [0.29, 0.717) is 12.8 Å². The average Bonchev–Trinajstić information content (AvgIpc) is 3.32. The van der Waals surface area contributed by atoms with Crippen molar-refractivity contribution in [1.82, 2.24) is 5.32 Å². The maximum Gasteiger partial charge on any atom is 0.303 e. The zero-order valence-electron chi connectivity index (χ0n) is 22.5. The Hall–Kier alpha value is -2.81. The Morgan fingerprint density at radius 1 is 1.13 bits per heavy atom. The minimum absolute atomic E-state index is 0.314. The highest BCUT2D eigenvalue weighted by Gasteiger charge is 2.85. The van der Waals surface area contributed by atoms with Gasteiger partial charge in [0.2, 0.25) is 5.91 Å². The molecule has 1 aromatic rings. The van der Waals surface area contributed by atoms with Gasteiger partial charge >= 0.3 is 5.97 Å². The van der Waals surface area contributed by atoms with Crippen LogP contribution in [0.5, 0.6) is 0 Å². The molecule has 5 rings (SSSR count). The molecule has 204 valence electrons. The first-order valence-electron chi connectivity index (χ1n) is 13.3. The minimum atomic E-state index is -1.84. The third-order valence-electron chi connectivity index (χ3n) is 9.48. The molecule has 0 bridgehead atoms. The van der Waals surface area contributed by atoms with Crippen LogP contribution in [-0.2, 0) is 30.3 Å². The van der Waals surface area contributed by atoms with Crippen LogP contribution in [-0.4, -0.2) is 62.9 Å². The third-order valence-corrected chi connectivity index (χ3v) is 9.48. The molecule has 8 heteroatoms. The summed E-state index contributed by atoms with van der Waals surface area (Å²) in [6.45, 7) is 8.14. The second kappa shape index (κ2) is 8.86. The largest absolute Gasteiger partial charge is 0.457 e. The zero-order chi connectivity index (χ0) is 27.7. The van der Waals surface area contributed by atoms with E-state index >= 15 is 0 Å². The topological polar surface area (TPSA) is 125 Å². The van der Waals surface area contributed by atoms with Gasteiger partial charge in [-0.05, 0) is 51.3 Å². The number of hydrogen-bond donors (Lipinski definition) is 3. The van der Waals surface area contributed by atoms with E-state index in [0.717, 1.165) is 5.56 Å². The van der Waals surface area contributed by atoms with Crippen molar-refractivity contribution in [2.45, 2.75) is 82.5 Å². The number of Topliss-reactive ketones (excluding diaryl/α,β-unsaturated/α-hetero) is 1. The van der Waals surface area contributed by atoms with Gasteiger partial charge in [-0.3, -0.25) is 14.4 Å². The van der Waals surface area contributed by atoms with Gasteiger partial charge in [0.05, 0.1) is 6.10 Å². The number of fused-ring (bicyclic) bond motifs is 2. The number of carbonyl (C=O) groups excluding carboxylic acids is 3. The highest BCUT2D eigenvalue weighted by molar-refractivity contribution is 5.91. The van der Waals surface area contributed by atoms with Crippen LogP contribution >= 0.6 is 0 Å². The van der Waals surface area contributed by atoms with Crippen LogP contribution in [0.2, 0.25) is 0 Å². The Morgan fingerprint density at radius 2 is 1.82 bits per heavy atom. The van der Waals surface area contributed by atoms with Crippen LogP contribution in [0.1, 0.15) is 46.6 Å². The molecule has 3 N–H and O–H groups in total. The highest BCUT2D eigenvalue weighted by atomic mass is 16.6. The van der Waals surface area contributed by atoms with E-state index in [9.17, 15) is 24.6 Å². The number of epoxide rings is 1. The fraction of sp³-hybridized carbons (Fsp3) is 0.567. The number of benzene rings is 1. The predicted octanol–water partition coefficient (Wildman–Crippen LogP) is 2.27. The minimum Gasteiger partial charge on any atom is -0.457 e. The summed E-state index contributed by atoms with van der Waals surface area (Å²) in [6.07, 6.45) is 4.92. The Balaban J connectivity index is 1.73. The molecule has 8 nitrogen and oxygen atoms in total. The summed E-state index contributed by atoms with van der Waals surface area (Å²) >= 11 is 0. The van der Waals surface area contributed by atoms with E-state index in [1.54, 1.807) is 19.1 Å². The summed E-state index contributed by atoms with van der Waals surface area (Å²) in [5, 5.41) is 26.0. The number of rotatable bonds is 3. The van der Waals surface area contributed by atoms with Gasteiger partial charge < -0.3 is 25.0 Å². The molecule has 4 aliphatic rings. The van der Waals surface area contributed by atoms with Gasteiger partial charge in [0, 0.05) is 30.7 Å². The lowest BCUT2D eigenvalue weighted by atomic mass is 9.50. The van der Waals surface area contributed by atoms with Gasteiger partial charge in [-0.1, -0.05) is 49.4 Å². The third kappa shape index (κ3) is 3.72. The monoisotopic (exact) mass is 523 g/mol. The molecular formula is C30H37NO7. The van der Waals surface area contributed by atoms with Crippen molar-refractivity contribution in [3.8, 4) is 0 Å². The number of aliphatic hydroxyl groups is 2. The number of aliphatic hydroxyl groups excluding tert-OH is 1. The lowest BCUT2D eigenvalue weighted by molar-refractivity contribution is -0.168. The van der Waals surface area contributed by atoms with Gasteiger partial charge in [0.15, 0.2) is 5.78 Å². The van der Waals surface area contributed by atoms with Gasteiger partial charge in [-0.15, -0.1) is 0 Å². The average molecular weight is 524 g/mol. The number of esters is 1. The zero-order valence-corrected chi connectivity index (χ0v) is 22.5. The first-order chi connectivity index (χ1) is 17.8. The molecule has 2 aliphatic carbocycles. The second-order valence-corrected chi connectivity index (χ2v) is 11.9. The van der Waals surface area contributed by atoms with E-state index in [-0.39, 0.29) is 17.7 Å². The molecule has 1 spiro atoms. The molecule has 0 aromatic heterocycles. The van der Waals surface area contributed by atoms with Gasteiger partial charge in [0.1, 0.15) is 28.3 Å². The SMILES string of the molecule is CC(=O)OC1C=CC(C)(O)C(=O)C(C)CC=CC2C(O)C3(C)OC3(C)C3C(Cc4ccccc4)NC(=O)C123. The summed E-state index contributed by atoms with van der Waals surface area (Å²) in [6, 6.07) is 9.42. The van der Waals surface area contributed by atoms with Crippen LogP contribution < -0.4 is 5.32 Å². The standard InChI is InChI=1S/C30H37NO7/c1-17-10-9-13-20-25(34)29(5)28(4,38-29)23-21(16-19-11-7-6-8-12-19)31-26(35)30(20,23)22(37-18(2)32)14-15-27(3,36)24(17)33/h6-9,11-15,17,20-23,25,34,36H,10,16H2,1-5H3,(H,31,35). The molecule has 1 aromatic carbocycles. The lowest BCUT2D eigenvalue weighted by Gasteiger charge is -2.51. The first kappa shape index (κ1) is 26.8. The van der Waals surface area contributed by atoms with Crippen molar-refractivity contribution < 1.29 is 34.1 Å². The van der Waals surface area contributed by atoms with E-state index in [2.05, 4.69) is 5.32 Å². The molecule has 3 fully saturated rings. The number of ketones is 1.